The van der Waals surface area contributed by atoms with Gasteiger partial charge in [0.15, 0.2) is 0 Å². The van der Waals surface area contributed by atoms with E-state index >= 15 is 0 Å². The summed E-state index contributed by atoms with van der Waals surface area (Å²) in [7, 11) is 0. The van der Waals surface area contributed by atoms with Gasteiger partial charge in [-0.2, -0.15) is 5.06 Å². The van der Waals surface area contributed by atoms with Crippen molar-refractivity contribution in [1.29, 1.82) is 0 Å². The third kappa shape index (κ3) is 2.64. The molecule has 3 rings (SSSR count). The van der Waals surface area contributed by atoms with E-state index in [9.17, 15) is 9.59 Å². The lowest BCUT2D eigenvalue weighted by Crippen LogP contribution is -2.34. The Hall–Kier alpha value is -1.20. The van der Waals surface area contributed by atoms with Crippen molar-refractivity contribution in [3.05, 3.63) is 12.2 Å². The summed E-state index contributed by atoms with van der Waals surface area (Å²) in [5, 5.41) is 0.993. The number of nitrogens with zero attached hydrogens (tertiary/aromatic N) is 1. The van der Waals surface area contributed by atoms with Gasteiger partial charge in [-0.25, -0.2) is 0 Å². The molecule has 3 aliphatic rings. The van der Waals surface area contributed by atoms with Gasteiger partial charge in [0.2, 0.25) is 0 Å². The molecule has 5 heteroatoms. The number of carbonyl (C=O) groups is 2. The SMILES string of the molecule is CC(C)CCCCCON1C(=O)C2C3C=CC(O3)C2C1=O. The molecule has 21 heavy (non-hydrogen) atoms. The van der Waals surface area contributed by atoms with Crippen molar-refractivity contribution < 1.29 is 19.2 Å². The monoisotopic (exact) mass is 293 g/mol. The Balaban J connectivity index is 1.45. The first-order valence-electron chi connectivity index (χ1n) is 7.94. The summed E-state index contributed by atoms with van der Waals surface area (Å²) in [5.41, 5.74) is 0. The van der Waals surface area contributed by atoms with E-state index in [1.54, 1.807) is 0 Å². The highest BCUT2D eigenvalue weighted by Gasteiger charge is 2.61. The molecule has 0 spiro atoms. The second-order valence-corrected chi connectivity index (χ2v) is 6.55. The highest BCUT2D eigenvalue weighted by molar-refractivity contribution is 6.05. The fraction of sp³-hybridized carbons (Fsp3) is 0.750. The molecule has 0 aromatic rings. The maximum Gasteiger partial charge on any atom is 0.260 e. The molecule has 0 radical (unpaired) electrons. The quantitative estimate of drug-likeness (QED) is 0.410. The van der Waals surface area contributed by atoms with Gasteiger partial charge < -0.3 is 4.74 Å². The van der Waals surface area contributed by atoms with Crippen LogP contribution in [0.3, 0.4) is 0 Å². The summed E-state index contributed by atoms with van der Waals surface area (Å²) in [6, 6.07) is 0. The van der Waals surface area contributed by atoms with Crippen LogP contribution in [0.5, 0.6) is 0 Å². The zero-order valence-electron chi connectivity index (χ0n) is 12.7. The Kier molecular flexibility index (Phi) is 4.13. The number of imide groups is 1. The molecule has 3 heterocycles. The molecule has 4 atom stereocenters. The van der Waals surface area contributed by atoms with Gasteiger partial charge in [-0.15, -0.1) is 0 Å². The third-order valence-electron chi connectivity index (χ3n) is 4.52. The van der Waals surface area contributed by atoms with E-state index in [0.29, 0.717) is 6.61 Å². The molecule has 0 aromatic heterocycles. The number of unbranched alkanes of at least 4 members (excludes halogenated alkanes) is 2. The maximum atomic E-state index is 12.3. The van der Waals surface area contributed by atoms with E-state index < -0.39 is 0 Å². The van der Waals surface area contributed by atoms with Crippen LogP contribution in [0.1, 0.15) is 39.5 Å². The van der Waals surface area contributed by atoms with Crippen LogP contribution >= 0.6 is 0 Å². The second kappa shape index (κ2) is 5.89. The van der Waals surface area contributed by atoms with Crippen LogP contribution in [0.25, 0.3) is 0 Å². The third-order valence-corrected chi connectivity index (χ3v) is 4.52. The molecule has 0 aromatic carbocycles. The predicted molar refractivity (Wildman–Crippen MR) is 75.9 cm³/mol. The van der Waals surface area contributed by atoms with E-state index in [4.69, 9.17) is 9.57 Å². The Morgan fingerprint density at radius 3 is 2.29 bits per heavy atom. The van der Waals surface area contributed by atoms with Crippen molar-refractivity contribution in [2.24, 2.45) is 17.8 Å². The van der Waals surface area contributed by atoms with E-state index in [1.807, 2.05) is 12.2 Å². The summed E-state index contributed by atoms with van der Waals surface area (Å²) in [5.74, 6) is -0.482. The molecule has 2 fully saturated rings. The highest BCUT2D eigenvalue weighted by atomic mass is 16.7. The number of hydrogen-bond acceptors (Lipinski definition) is 4. The largest absolute Gasteiger partial charge is 0.365 e. The smallest absolute Gasteiger partial charge is 0.260 e. The van der Waals surface area contributed by atoms with E-state index in [0.717, 1.165) is 30.2 Å². The lowest BCUT2D eigenvalue weighted by atomic mass is 9.85. The van der Waals surface area contributed by atoms with Crippen LogP contribution in [-0.2, 0) is 19.2 Å². The maximum absolute atomic E-state index is 12.3. The van der Waals surface area contributed by atoms with E-state index in [2.05, 4.69) is 13.8 Å². The van der Waals surface area contributed by atoms with Crippen LogP contribution in [0.4, 0.5) is 0 Å². The molecule has 4 unspecified atom stereocenters. The minimum atomic E-state index is -0.367. The highest BCUT2D eigenvalue weighted by Crippen LogP contribution is 2.45. The molecule has 2 amide bonds. The van der Waals surface area contributed by atoms with Crippen LogP contribution in [0.15, 0.2) is 12.2 Å². The number of hydroxylamine groups is 2. The van der Waals surface area contributed by atoms with E-state index in [-0.39, 0.29) is 35.9 Å². The van der Waals surface area contributed by atoms with Gasteiger partial charge in [-0.05, 0) is 12.3 Å². The Bertz CT molecular complexity index is 429. The van der Waals surface area contributed by atoms with Crippen LogP contribution in [0, 0.1) is 17.8 Å². The van der Waals surface area contributed by atoms with Gasteiger partial charge >= 0.3 is 0 Å². The molecule has 2 bridgehead atoms. The van der Waals surface area contributed by atoms with Gasteiger partial charge in [0.1, 0.15) is 0 Å². The molecule has 116 valence electrons. The summed E-state index contributed by atoms with van der Waals surface area (Å²) >= 11 is 0. The summed E-state index contributed by atoms with van der Waals surface area (Å²) in [6.45, 7) is 4.85. The second-order valence-electron chi connectivity index (χ2n) is 6.55. The van der Waals surface area contributed by atoms with Gasteiger partial charge in [-0.1, -0.05) is 45.3 Å². The van der Waals surface area contributed by atoms with Gasteiger partial charge in [0, 0.05) is 0 Å². The molecule has 3 aliphatic heterocycles. The molecule has 5 nitrogen and oxygen atoms in total. The zero-order valence-corrected chi connectivity index (χ0v) is 12.7. The van der Waals surface area contributed by atoms with E-state index in [1.165, 1.54) is 6.42 Å². The topological polar surface area (TPSA) is 55.8 Å². The number of fused-ring (bicyclic) bond motifs is 5. The Morgan fingerprint density at radius 1 is 1.10 bits per heavy atom. The van der Waals surface area contributed by atoms with Crippen molar-refractivity contribution in [2.75, 3.05) is 6.61 Å². The first kappa shape index (κ1) is 14.7. The van der Waals surface area contributed by atoms with Gasteiger partial charge in [0.25, 0.3) is 11.8 Å². The standard InChI is InChI=1S/C16H23NO4/c1-10(2)6-4-3-5-9-20-17-15(18)13-11-7-8-12(21-11)14(13)16(17)19/h7-8,10-14H,3-6,9H2,1-2H3. The average Bonchev–Trinajstić information content (AvgIpc) is 3.10. The number of rotatable bonds is 7. The summed E-state index contributed by atoms with van der Waals surface area (Å²) in [6.07, 6.45) is 7.59. The Labute approximate surface area is 125 Å². The van der Waals surface area contributed by atoms with Crippen molar-refractivity contribution in [2.45, 2.75) is 51.7 Å². The number of hydrogen-bond donors (Lipinski definition) is 0. The van der Waals surface area contributed by atoms with Crippen LogP contribution < -0.4 is 0 Å². The van der Waals surface area contributed by atoms with Crippen LogP contribution in [-0.4, -0.2) is 35.7 Å². The summed E-state index contributed by atoms with van der Waals surface area (Å²) in [4.78, 5) is 30.0. The first-order valence-corrected chi connectivity index (χ1v) is 7.94. The Morgan fingerprint density at radius 2 is 1.71 bits per heavy atom. The average molecular weight is 293 g/mol. The zero-order chi connectivity index (χ0) is 15.0. The first-order chi connectivity index (χ1) is 10.1. The number of amides is 2. The molecule has 0 aliphatic carbocycles. The van der Waals surface area contributed by atoms with Gasteiger partial charge in [0.05, 0.1) is 30.7 Å². The molecular formula is C16H23NO4. The predicted octanol–water partition coefficient (Wildman–Crippen LogP) is 2.07. The van der Waals surface area contributed by atoms with Crippen molar-refractivity contribution in [3.8, 4) is 0 Å². The fourth-order valence-corrected chi connectivity index (χ4v) is 3.39. The minimum Gasteiger partial charge on any atom is -0.365 e. The van der Waals surface area contributed by atoms with Crippen LogP contribution in [0.2, 0.25) is 0 Å². The lowest BCUT2D eigenvalue weighted by Gasteiger charge is -2.16. The molecular weight excluding hydrogens is 270 g/mol. The van der Waals surface area contributed by atoms with Crippen molar-refractivity contribution >= 4 is 11.8 Å². The van der Waals surface area contributed by atoms with Gasteiger partial charge in [-0.3, -0.25) is 14.4 Å². The van der Waals surface area contributed by atoms with Crippen molar-refractivity contribution in [1.82, 2.24) is 5.06 Å². The normalized spacial score (nSPS) is 33.6. The lowest BCUT2D eigenvalue weighted by molar-refractivity contribution is -0.192. The fourth-order valence-electron chi connectivity index (χ4n) is 3.39. The number of carbonyl (C=O) groups excluding carboxylic acids is 2. The number of ether oxygens (including phenoxy) is 1. The molecule has 0 saturated carbocycles. The molecule has 2 saturated heterocycles. The summed E-state index contributed by atoms with van der Waals surface area (Å²) < 4.78 is 5.57. The van der Waals surface area contributed by atoms with Crippen molar-refractivity contribution in [3.63, 3.8) is 0 Å². The molecule has 0 N–H and O–H groups in total. The minimum absolute atomic E-state index is 0.232.